The highest BCUT2D eigenvalue weighted by atomic mass is 19.4. The Labute approximate surface area is 138 Å². The molecule has 0 spiro atoms. The van der Waals surface area contributed by atoms with Crippen LogP contribution in [0.2, 0.25) is 0 Å². The molecule has 2 unspecified atom stereocenters. The number of benzene rings is 1. The summed E-state index contributed by atoms with van der Waals surface area (Å²) >= 11 is 0. The zero-order chi connectivity index (χ0) is 17.8. The summed E-state index contributed by atoms with van der Waals surface area (Å²) in [6.07, 6.45) is -4.61. The topological polar surface area (TPSA) is 70.6 Å². The van der Waals surface area contributed by atoms with Crippen molar-refractivity contribution >= 4 is 5.91 Å². The first-order valence-electron chi connectivity index (χ1n) is 7.68. The number of aliphatic hydroxyl groups is 1. The lowest BCUT2D eigenvalue weighted by atomic mass is 9.89. The van der Waals surface area contributed by atoms with E-state index in [0.717, 1.165) is 25.1 Å². The first kappa shape index (κ1) is 18.5. The number of hydrogen-bond acceptors (Lipinski definition) is 4. The van der Waals surface area contributed by atoms with Crippen molar-refractivity contribution in [1.82, 2.24) is 10.6 Å². The number of aliphatic hydroxyl groups excluding tert-OH is 1. The van der Waals surface area contributed by atoms with Gasteiger partial charge in [-0.25, -0.2) is 0 Å². The molecule has 0 aliphatic carbocycles. The van der Waals surface area contributed by atoms with Crippen LogP contribution in [0.3, 0.4) is 0 Å². The molecule has 1 heterocycles. The van der Waals surface area contributed by atoms with Gasteiger partial charge in [0, 0.05) is 13.1 Å². The number of hydrogen-bond donors (Lipinski definition) is 3. The van der Waals surface area contributed by atoms with Crippen LogP contribution in [0.5, 0.6) is 5.75 Å². The number of amides is 1. The summed E-state index contributed by atoms with van der Waals surface area (Å²) in [4.78, 5) is 12.1. The third-order valence-corrected chi connectivity index (χ3v) is 4.04. The van der Waals surface area contributed by atoms with Crippen LogP contribution < -0.4 is 15.4 Å². The normalized spacial score (nSPS) is 22.2. The molecule has 1 aliphatic rings. The highest BCUT2D eigenvalue weighted by Gasteiger charge is 2.36. The minimum Gasteiger partial charge on any atom is -0.491 e. The van der Waals surface area contributed by atoms with E-state index >= 15 is 0 Å². The third-order valence-electron chi connectivity index (χ3n) is 4.04. The number of nitrogens with one attached hydrogen (secondary N) is 2. The van der Waals surface area contributed by atoms with Gasteiger partial charge >= 0.3 is 6.18 Å². The number of halogens is 3. The smallest absolute Gasteiger partial charge is 0.416 e. The molecule has 2 rings (SSSR count). The molecule has 1 fully saturated rings. The Bertz CT molecular complexity index is 555. The lowest BCUT2D eigenvalue weighted by Gasteiger charge is -2.22. The summed E-state index contributed by atoms with van der Waals surface area (Å²) in [5, 5.41) is 15.6. The van der Waals surface area contributed by atoms with Crippen LogP contribution >= 0.6 is 0 Å². The first-order valence-corrected chi connectivity index (χ1v) is 7.68. The molecule has 1 aliphatic heterocycles. The fourth-order valence-electron chi connectivity index (χ4n) is 2.43. The lowest BCUT2D eigenvalue weighted by molar-refractivity contribution is -0.137. The van der Waals surface area contributed by atoms with Crippen LogP contribution in [0, 0.1) is 5.41 Å². The van der Waals surface area contributed by atoms with Gasteiger partial charge < -0.3 is 20.5 Å². The summed E-state index contributed by atoms with van der Waals surface area (Å²) in [7, 11) is 0. The Balaban J connectivity index is 1.75. The molecule has 0 saturated carbocycles. The van der Waals surface area contributed by atoms with Gasteiger partial charge in [-0.2, -0.15) is 13.2 Å². The Kier molecular flexibility index (Phi) is 5.71. The molecule has 1 saturated heterocycles. The van der Waals surface area contributed by atoms with Gasteiger partial charge in [0.05, 0.1) is 11.0 Å². The Morgan fingerprint density at radius 2 is 2.08 bits per heavy atom. The molecule has 24 heavy (non-hydrogen) atoms. The summed E-state index contributed by atoms with van der Waals surface area (Å²) < 4.78 is 42.6. The number of carbonyl (C=O) groups excluding carboxylic acids is 1. The molecular weight excluding hydrogens is 325 g/mol. The summed E-state index contributed by atoms with van der Waals surface area (Å²) in [5.74, 6) is 0.0846. The van der Waals surface area contributed by atoms with Gasteiger partial charge in [-0.05, 0) is 44.2 Å². The second-order valence-electron chi connectivity index (χ2n) is 6.18. The number of rotatable bonds is 6. The van der Waals surface area contributed by atoms with E-state index < -0.39 is 23.3 Å². The maximum absolute atomic E-state index is 12.4. The summed E-state index contributed by atoms with van der Waals surface area (Å²) in [5.41, 5.74) is -1.24. The highest BCUT2D eigenvalue weighted by molar-refractivity contribution is 5.82. The van der Waals surface area contributed by atoms with E-state index in [9.17, 15) is 23.1 Å². The van der Waals surface area contributed by atoms with Crippen molar-refractivity contribution < 1.29 is 27.8 Å². The van der Waals surface area contributed by atoms with E-state index in [1.807, 2.05) is 6.92 Å². The molecule has 3 N–H and O–H groups in total. The first-order chi connectivity index (χ1) is 11.2. The maximum Gasteiger partial charge on any atom is 0.416 e. The molecular formula is C16H21F3N2O3. The molecule has 0 radical (unpaired) electrons. The van der Waals surface area contributed by atoms with Gasteiger partial charge in [0.25, 0.3) is 0 Å². The average molecular weight is 346 g/mol. The van der Waals surface area contributed by atoms with Gasteiger partial charge in [0.1, 0.15) is 18.5 Å². The number of ether oxygens (including phenoxy) is 1. The van der Waals surface area contributed by atoms with Gasteiger partial charge in [-0.1, -0.05) is 0 Å². The molecule has 8 heteroatoms. The Morgan fingerprint density at radius 1 is 1.42 bits per heavy atom. The van der Waals surface area contributed by atoms with E-state index in [4.69, 9.17) is 4.74 Å². The zero-order valence-electron chi connectivity index (χ0n) is 13.3. The number of carbonyl (C=O) groups is 1. The monoisotopic (exact) mass is 346 g/mol. The SMILES string of the molecule is CC1(C(=O)NCC(O)COc2ccc(C(F)(F)F)cc2)CCNC1. The summed E-state index contributed by atoms with van der Waals surface area (Å²) in [6, 6.07) is 4.22. The average Bonchev–Trinajstić information content (AvgIpc) is 2.98. The minimum absolute atomic E-state index is 0.0229. The van der Waals surface area contributed by atoms with Crippen LogP contribution in [-0.4, -0.2) is 43.4 Å². The molecule has 1 aromatic carbocycles. The van der Waals surface area contributed by atoms with E-state index in [1.54, 1.807) is 0 Å². The van der Waals surface area contributed by atoms with Gasteiger partial charge in [-0.3, -0.25) is 4.79 Å². The van der Waals surface area contributed by atoms with Crippen molar-refractivity contribution in [3.05, 3.63) is 29.8 Å². The molecule has 5 nitrogen and oxygen atoms in total. The lowest BCUT2D eigenvalue weighted by Crippen LogP contribution is -2.44. The van der Waals surface area contributed by atoms with Gasteiger partial charge in [0.15, 0.2) is 0 Å². The van der Waals surface area contributed by atoms with Crippen LogP contribution in [-0.2, 0) is 11.0 Å². The highest BCUT2D eigenvalue weighted by Crippen LogP contribution is 2.30. The van der Waals surface area contributed by atoms with Crippen molar-refractivity contribution in [1.29, 1.82) is 0 Å². The zero-order valence-corrected chi connectivity index (χ0v) is 13.3. The van der Waals surface area contributed by atoms with Gasteiger partial charge in [0.2, 0.25) is 5.91 Å². The second kappa shape index (κ2) is 7.40. The Hall–Kier alpha value is -1.80. The standard InChI is InChI=1S/C16H21F3N2O3/c1-15(6-7-20-10-15)14(23)21-8-12(22)9-24-13-4-2-11(3-5-13)16(17,18)19/h2-5,12,20,22H,6-10H2,1H3,(H,21,23). The minimum atomic E-state index is -4.40. The molecule has 134 valence electrons. The van der Waals surface area contributed by atoms with Gasteiger partial charge in [-0.15, -0.1) is 0 Å². The van der Waals surface area contributed by atoms with E-state index in [0.29, 0.717) is 6.54 Å². The van der Waals surface area contributed by atoms with Crippen molar-refractivity contribution in [2.75, 3.05) is 26.2 Å². The fraction of sp³-hybridized carbons (Fsp3) is 0.562. The van der Waals surface area contributed by atoms with E-state index in [2.05, 4.69) is 10.6 Å². The second-order valence-corrected chi connectivity index (χ2v) is 6.18. The molecule has 0 aromatic heterocycles. The van der Waals surface area contributed by atoms with Crippen LogP contribution in [0.4, 0.5) is 13.2 Å². The molecule has 1 amide bonds. The Morgan fingerprint density at radius 3 is 2.62 bits per heavy atom. The van der Waals surface area contributed by atoms with Crippen LogP contribution in [0.25, 0.3) is 0 Å². The van der Waals surface area contributed by atoms with Crippen molar-refractivity contribution in [3.63, 3.8) is 0 Å². The largest absolute Gasteiger partial charge is 0.491 e. The van der Waals surface area contributed by atoms with Crippen molar-refractivity contribution in [3.8, 4) is 5.75 Å². The van der Waals surface area contributed by atoms with Crippen LogP contribution in [0.15, 0.2) is 24.3 Å². The third kappa shape index (κ3) is 4.85. The molecule has 1 aromatic rings. The summed E-state index contributed by atoms with van der Waals surface area (Å²) in [6.45, 7) is 3.13. The fourth-order valence-corrected chi connectivity index (χ4v) is 2.43. The number of alkyl halides is 3. The van der Waals surface area contributed by atoms with E-state index in [-0.39, 0.29) is 24.8 Å². The molecule has 0 bridgehead atoms. The molecule has 2 atom stereocenters. The van der Waals surface area contributed by atoms with Crippen molar-refractivity contribution in [2.24, 2.45) is 5.41 Å². The quantitative estimate of drug-likeness (QED) is 0.731. The maximum atomic E-state index is 12.4. The predicted molar refractivity (Wildman–Crippen MR) is 81.5 cm³/mol. The van der Waals surface area contributed by atoms with E-state index in [1.165, 1.54) is 12.1 Å². The predicted octanol–water partition coefficient (Wildman–Crippen LogP) is 1.56. The van der Waals surface area contributed by atoms with Crippen molar-refractivity contribution in [2.45, 2.75) is 25.6 Å². The van der Waals surface area contributed by atoms with Crippen LogP contribution in [0.1, 0.15) is 18.9 Å².